The summed E-state index contributed by atoms with van der Waals surface area (Å²) in [6, 6.07) is 7.09. The van der Waals surface area contributed by atoms with E-state index in [4.69, 9.17) is 0 Å². The van der Waals surface area contributed by atoms with Crippen LogP contribution in [0.15, 0.2) is 36.4 Å². The van der Waals surface area contributed by atoms with Crippen molar-refractivity contribution in [3.8, 4) is 0 Å². The number of imide groups is 1. The van der Waals surface area contributed by atoms with Gasteiger partial charge in [0.25, 0.3) is 0 Å². The molecule has 1 aliphatic carbocycles. The molecule has 1 N–H and O–H groups in total. The van der Waals surface area contributed by atoms with Crippen molar-refractivity contribution in [2.75, 3.05) is 10.2 Å². The number of benzene rings is 1. The number of allylic oxidation sites excluding steroid dienone is 2. The Bertz CT molecular complexity index is 832. The molecule has 0 spiro atoms. The van der Waals surface area contributed by atoms with Crippen LogP contribution in [0.4, 0.5) is 11.4 Å². The van der Waals surface area contributed by atoms with Gasteiger partial charge in [-0.3, -0.25) is 14.4 Å². The van der Waals surface area contributed by atoms with E-state index in [1.54, 1.807) is 24.3 Å². The zero-order chi connectivity index (χ0) is 22.9. The van der Waals surface area contributed by atoms with Gasteiger partial charge in [-0.1, -0.05) is 83.4 Å². The first-order valence-electron chi connectivity index (χ1n) is 12.5. The summed E-state index contributed by atoms with van der Waals surface area (Å²) < 4.78 is 0. The second-order valence-electron chi connectivity index (χ2n) is 9.34. The van der Waals surface area contributed by atoms with Gasteiger partial charge in [-0.05, 0) is 37.0 Å². The van der Waals surface area contributed by atoms with E-state index in [1.807, 2.05) is 19.1 Å². The molecule has 5 heteroatoms. The second-order valence-corrected chi connectivity index (χ2v) is 9.34. The molecule has 1 aromatic carbocycles. The summed E-state index contributed by atoms with van der Waals surface area (Å²) in [6.45, 7) is 4.22. The Morgan fingerprint density at radius 2 is 1.69 bits per heavy atom. The van der Waals surface area contributed by atoms with Crippen LogP contribution in [-0.2, 0) is 14.4 Å². The van der Waals surface area contributed by atoms with Gasteiger partial charge in [0.05, 0.1) is 17.5 Å². The van der Waals surface area contributed by atoms with Crippen LogP contribution in [0.2, 0.25) is 0 Å². The lowest BCUT2D eigenvalue weighted by Gasteiger charge is -2.22. The fourth-order valence-corrected chi connectivity index (χ4v) is 4.94. The van der Waals surface area contributed by atoms with E-state index in [1.165, 1.54) is 49.8 Å². The molecule has 3 rings (SSSR count). The third-order valence-corrected chi connectivity index (χ3v) is 6.77. The molecule has 1 fully saturated rings. The number of hydrogen-bond acceptors (Lipinski definition) is 3. The summed E-state index contributed by atoms with van der Waals surface area (Å²) in [6.07, 6.45) is 16.1. The maximum absolute atomic E-state index is 13.0. The highest BCUT2D eigenvalue weighted by Crippen LogP contribution is 2.40. The van der Waals surface area contributed by atoms with Gasteiger partial charge in [-0.15, -0.1) is 0 Å². The van der Waals surface area contributed by atoms with Crippen molar-refractivity contribution >= 4 is 29.1 Å². The summed E-state index contributed by atoms with van der Waals surface area (Å²) in [5, 5.41) is 2.93. The topological polar surface area (TPSA) is 66.5 Å². The van der Waals surface area contributed by atoms with E-state index >= 15 is 0 Å². The Hall–Kier alpha value is -2.43. The summed E-state index contributed by atoms with van der Waals surface area (Å²) in [7, 11) is 0. The van der Waals surface area contributed by atoms with Gasteiger partial charge in [0.2, 0.25) is 17.7 Å². The lowest BCUT2D eigenvalue weighted by molar-refractivity contribution is -0.122. The maximum Gasteiger partial charge on any atom is 0.238 e. The SMILES string of the molecule is CCCCCCCCCCCC(=O)Nc1cccc(N2C(=O)[C@@H]3[C@@H](C)C=CC[C@H]3C2=O)c1. The lowest BCUT2D eigenvalue weighted by atomic mass is 9.78. The molecule has 0 aromatic heterocycles. The highest BCUT2D eigenvalue weighted by atomic mass is 16.2. The first kappa shape index (κ1) is 24.2. The standard InChI is InChI=1S/C27H38N2O3/c1-3-4-5-6-7-8-9-10-11-18-24(30)28-21-15-13-16-22(19-21)29-26(31)23-17-12-14-20(2)25(23)27(29)32/h12-16,19-20,23,25H,3-11,17-18H2,1-2H3,(H,28,30)/t20-,23+,25+/m0/s1. The number of unbranched alkanes of at least 4 members (excludes halogenated alkanes) is 8. The molecule has 0 unspecified atom stereocenters. The van der Waals surface area contributed by atoms with Crippen molar-refractivity contribution in [2.24, 2.45) is 17.8 Å². The van der Waals surface area contributed by atoms with E-state index in [0.29, 0.717) is 24.2 Å². The normalized spacial score (nSPS) is 22.3. The highest BCUT2D eigenvalue weighted by molar-refractivity contribution is 6.22. The van der Waals surface area contributed by atoms with E-state index < -0.39 is 0 Å². The molecule has 3 atom stereocenters. The molecule has 0 radical (unpaired) electrons. The Balaban J connectivity index is 1.46. The van der Waals surface area contributed by atoms with Crippen molar-refractivity contribution < 1.29 is 14.4 Å². The molecule has 174 valence electrons. The number of fused-ring (bicyclic) bond motifs is 1. The second kappa shape index (κ2) is 12.0. The number of nitrogens with zero attached hydrogens (tertiary/aromatic N) is 1. The van der Waals surface area contributed by atoms with Crippen molar-refractivity contribution in [3.63, 3.8) is 0 Å². The van der Waals surface area contributed by atoms with Crippen LogP contribution in [0.5, 0.6) is 0 Å². The number of carbonyl (C=O) groups excluding carboxylic acids is 3. The van der Waals surface area contributed by atoms with Crippen molar-refractivity contribution in [2.45, 2.75) is 84.5 Å². The molecular formula is C27H38N2O3. The van der Waals surface area contributed by atoms with Crippen LogP contribution >= 0.6 is 0 Å². The molecular weight excluding hydrogens is 400 g/mol. The van der Waals surface area contributed by atoms with E-state index in [2.05, 4.69) is 12.2 Å². The van der Waals surface area contributed by atoms with Crippen LogP contribution in [0.25, 0.3) is 0 Å². The summed E-state index contributed by atoms with van der Waals surface area (Å²) in [5.74, 6) is -0.765. The maximum atomic E-state index is 13.0. The third kappa shape index (κ3) is 6.08. The Morgan fingerprint density at radius 1 is 1.00 bits per heavy atom. The van der Waals surface area contributed by atoms with Crippen LogP contribution in [0, 0.1) is 17.8 Å². The molecule has 3 amide bonds. The number of amides is 3. The highest BCUT2D eigenvalue weighted by Gasteiger charge is 2.50. The first-order chi connectivity index (χ1) is 15.5. The predicted molar refractivity (Wildman–Crippen MR) is 129 cm³/mol. The zero-order valence-electron chi connectivity index (χ0n) is 19.6. The third-order valence-electron chi connectivity index (χ3n) is 6.77. The van der Waals surface area contributed by atoms with Crippen molar-refractivity contribution in [1.82, 2.24) is 0 Å². The number of hydrogen-bond donors (Lipinski definition) is 1. The van der Waals surface area contributed by atoms with Gasteiger partial charge in [-0.2, -0.15) is 0 Å². The average molecular weight is 439 g/mol. The zero-order valence-corrected chi connectivity index (χ0v) is 19.6. The molecule has 1 aliphatic heterocycles. The minimum atomic E-state index is -0.280. The van der Waals surface area contributed by atoms with Gasteiger partial charge >= 0.3 is 0 Å². The number of rotatable bonds is 12. The average Bonchev–Trinajstić information content (AvgIpc) is 3.04. The summed E-state index contributed by atoms with van der Waals surface area (Å²) in [5.41, 5.74) is 1.17. The fourth-order valence-electron chi connectivity index (χ4n) is 4.94. The molecule has 1 aromatic rings. The van der Waals surface area contributed by atoms with Gasteiger partial charge < -0.3 is 5.32 Å². The lowest BCUT2D eigenvalue weighted by Crippen LogP contribution is -2.31. The molecule has 32 heavy (non-hydrogen) atoms. The van der Waals surface area contributed by atoms with Gasteiger partial charge in [-0.25, -0.2) is 4.90 Å². The van der Waals surface area contributed by atoms with E-state index in [9.17, 15) is 14.4 Å². The Labute approximate surface area is 192 Å². The molecule has 0 bridgehead atoms. The Kier molecular flexibility index (Phi) is 9.07. The number of nitrogens with one attached hydrogen (secondary N) is 1. The summed E-state index contributed by atoms with van der Waals surface area (Å²) >= 11 is 0. The van der Waals surface area contributed by atoms with E-state index in [-0.39, 0.29) is 35.5 Å². The Morgan fingerprint density at radius 3 is 2.38 bits per heavy atom. The number of carbonyl (C=O) groups is 3. The van der Waals surface area contributed by atoms with Crippen molar-refractivity contribution in [1.29, 1.82) is 0 Å². The molecule has 5 nitrogen and oxygen atoms in total. The summed E-state index contributed by atoms with van der Waals surface area (Å²) in [4.78, 5) is 39.6. The molecule has 2 aliphatic rings. The van der Waals surface area contributed by atoms with Gasteiger partial charge in [0.15, 0.2) is 0 Å². The van der Waals surface area contributed by atoms with Crippen LogP contribution in [0.1, 0.15) is 84.5 Å². The van der Waals surface area contributed by atoms with Crippen LogP contribution in [0.3, 0.4) is 0 Å². The largest absolute Gasteiger partial charge is 0.326 e. The molecule has 1 saturated heterocycles. The van der Waals surface area contributed by atoms with E-state index in [0.717, 1.165) is 12.8 Å². The van der Waals surface area contributed by atoms with Crippen LogP contribution < -0.4 is 10.2 Å². The smallest absolute Gasteiger partial charge is 0.238 e. The van der Waals surface area contributed by atoms with Crippen LogP contribution in [-0.4, -0.2) is 17.7 Å². The molecule has 1 heterocycles. The fraction of sp³-hybridized carbons (Fsp3) is 0.593. The quantitative estimate of drug-likeness (QED) is 0.238. The van der Waals surface area contributed by atoms with Gasteiger partial charge in [0, 0.05) is 12.1 Å². The van der Waals surface area contributed by atoms with Crippen molar-refractivity contribution in [3.05, 3.63) is 36.4 Å². The minimum Gasteiger partial charge on any atom is -0.326 e. The number of anilines is 2. The first-order valence-corrected chi connectivity index (χ1v) is 12.5. The minimum absolute atomic E-state index is 0.0179. The monoisotopic (exact) mass is 438 g/mol. The predicted octanol–water partition coefficient (Wildman–Crippen LogP) is 6.25. The van der Waals surface area contributed by atoms with Gasteiger partial charge in [0.1, 0.15) is 0 Å². The molecule has 0 saturated carbocycles.